The molecule has 4 rings (SSSR count). The van der Waals surface area contributed by atoms with E-state index in [1.165, 1.54) is 0 Å². The van der Waals surface area contributed by atoms with Crippen molar-refractivity contribution in [3.05, 3.63) is 16.4 Å². The number of hydrogen-bond donors (Lipinski definition) is 0. The van der Waals surface area contributed by atoms with Gasteiger partial charge in [-0.25, -0.2) is 0 Å². The number of carbonyl (C=O) groups is 2. The standard InChI is InChI=1S/C19H27ClN4O3/c1-13-15(20)16(21-22(13)2)18(26)23-8-5-19(6-11-27-12-7-19)24(10-9-23)17(25)14-3-4-14/h14H,3-12H2,1-2H3. The van der Waals surface area contributed by atoms with Crippen LogP contribution in [-0.4, -0.2) is 69.8 Å². The van der Waals surface area contributed by atoms with Gasteiger partial charge >= 0.3 is 0 Å². The first-order chi connectivity index (χ1) is 12.9. The molecule has 0 unspecified atom stereocenters. The van der Waals surface area contributed by atoms with Crippen molar-refractivity contribution >= 4 is 23.4 Å². The summed E-state index contributed by atoms with van der Waals surface area (Å²) in [6.07, 6.45) is 4.46. The fourth-order valence-corrected chi connectivity index (χ4v) is 4.53. The number of rotatable bonds is 2. The maximum atomic E-state index is 13.1. The Labute approximate surface area is 164 Å². The Morgan fingerprint density at radius 3 is 2.44 bits per heavy atom. The van der Waals surface area contributed by atoms with Gasteiger partial charge in [0, 0.05) is 51.4 Å². The second-order valence-corrected chi connectivity index (χ2v) is 8.39. The van der Waals surface area contributed by atoms with E-state index in [0.29, 0.717) is 43.6 Å². The van der Waals surface area contributed by atoms with Crippen LogP contribution in [0.1, 0.15) is 48.3 Å². The molecule has 1 saturated carbocycles. The topological polar surface area (TPSA) is 67.7 Å². The molecular formula is C19H27ClN4O3. The van der Waals surface area contributed by atoms with Crippen molar-refractivity contribution in [2.75, 3.05) is 32.8 Å². The Bertz CT molecular complexity index is 752. The van der Waals surface area contributed by atoms with Crippen LogP contribution < -0.4 is 0 Å². The number of aryl methyl sites for hydroxylation is 1. The predicted octanol–water partition coefficient (Wildman–Crippen LogP) is 2.02. The van der Waals surface area contributed by atoms with Crippen molar-refractivity contribution in [3.63, 3.8) is 0 Å². The summed E-state index contributed by atoms with van der Waals surface area (Å²) in [7, 11) is 1.79. The van der Waals surface area contributed by atoms with Crippen LogP contribution in [0.3, 0.4) is 0 Å². The first kappa shape index (κ1) is 18.7. The molecule has 2 amide bonds. The van der Waals surface area contributed by atoms with Crippen molar-refractivity contribution in [3.8, 4) is 0 Å². The molecule has 0 N–H and O–H groups in total. The lowest BCUT2D eigenvalue weighted by atomic mass is 9.84. The minimum atomic E-state index is -0.184. The van der Waals surface area contributed by atoms with Crippen molar-refractivity contribution in [1.82, 2.24) is 19.6 Å². The zero-order chi connectivity index (χ0) is 19.2. The van der Waals surface area contributed by atoms with Gasteiger partial charge in [-0.05, 0) is 39.0 Å². The lowest BCUT2D eigenvalue weighted by Gasteiger charge is -2.45. The molecule has 0 bridgehead atoms. The van der Waals surface area contributed by atoms with Crippen LogP contribution in [-0.2, 0) is 16.6 Å². The number of aromatic nitrogens is 2. The van der Waals surface area contributed by atoms with Crippen molar-refractivity contribution < 1.29 is 14.3 Å². The van der Waals surface area contributed by atoms with Gasteiger partial charge in [-0.1, -0.05) is 11.6 Å². The zero-order valence-corrected chi connectivity index (χ0v) is 16.8. The van der Waals surface area contributed by atoms with Gasteiger partial charge in [0.25, 0.3) is 5.91 Å². The van der Waals surface area contributed by atoms with Gasteiger partial charge in [-0.3, -0.25) is 14.3 Å². The largest absolute Gasteiger partial charge is 0.381 e. The third kappa shape index (κ3) is 3.36. The summed E-state index contributed by atoms with van der Waals surface area (Å²) >= 11 is 6.33. The monoisotopic (exact) mass is 394 g/mol. The summed E-state index contributed by atoms with van der Waals surface area (Å²) < 4.78 is 7.20. The highest BCUT2D eigenvalue weighted by Crippen LogP contribution is 2.39. The fourth-order valence-electron chi connectivity index (χ4n) is 4.29. The highest BCUT2D eigenvalue weighted by molar-refractivity contribution is 6.34. The van der Waals surface area contributed by atoms with Gasteiger partial charge in [-0.2, -0.15) is 5.10 Å². The molecule has 3 heterocycles. The van der Waals surface area contributed by atoms with Crippen molar-refractivity contribution in [2.24, 2.45) is 13.0 Å². The molecule has 2 aliphatic heterocycles. The average Bonchev–Trinajstić information content (AvgIpc) is 3.49. The molecule has 1 aliphatic carbocycles. The Balaban J connectivity index is 1.57. The van der Waals surface area contributed by atoms with Gasteiger partial charge in [0.05, 0.1) is 10.7 Å². The third-order valence-corrected chi connectivity index (χ3v) is 6.83. The molecular weight excluding hydrogens is 368 g/mol. The van der Waals surface area contributed by atoms with E-state index < -0.39 is 0 Å². The van der Waals surface area contributed by atoms with E-state index in [1.54, 1.807) is 11.7 Å². The third-order valence-electron chi connectivity index (χ3n) is 6.38. The summed E-state index contributed by atoms with van der Waals surface area (Å²) in [5.41, 5.74) is 0.900. The lowest BCUT2D eigenvalue weighted by molar-refractivity contribution is -0.143. The Hall–Kier alpha value is -1.60. The second kappa shape index (κ2) is 7.09. The smallest absolute Gasteiger partial charge is 0.275 e. The molecule has 3 aliphatic rings. The Morgan fingerprint density at radius 2 is 1.85 bits per heavy atom. The predicted molar refractivity (Wildman–Crippen MR) is 101 cm³/mol. The van der Waals surface area contributed by atoms with Gasteiger partial charge < -0.3 is 14.5 Å². The van der Waals surface area contributed by atoms with E-state index in [0.717, 1.165) is 37.8 Å². The summed E-state index contributed by atoms with van der Waals surface area (Å²) in [6, 6.07) is 0. The molecule has 1 aromatic rings. The first-order valence-corrected chi connectivity index (χ1v) is 10.2. The lowest BCUT2D eigenvalue weighted by Crippen LogP contribution is -2.55. The van der Waals surface area contributed by atoms with E-state index >= 15 is 0 Å². The fraction of sp³-hybridized carbons (Fsp3) is 0.737. The highest BCUT2D eigenvalue weighted by Gasteiger charge is 2.47. The van der Waals surface area contributed by atoms with Gasteiger partial charge in [-0.15, -0.1) is 0 Å². The molecule has 8 heteroatoms. The summed E-state index contributed by atoms with van der Waals surface area (Å²) in [5, 5.41) is 4.72. The summed E-state index contributed by atoms with van der Waals surface area (Å²) in [5.74, 6) is 0.296. The molecule has 0 aromatic carbocycles. The Kier molecular flexibility index (Phi) is 4.93. The highest BCUT2D eigenvalue weighted by atomic mass is 35.5. The van der Waals surface area contributed by atoms with Crippen molar-refractivity contribution in [1.29, 1.82) is 0 Å². The average molecular weight is 395 g/mol. The minimum absolute atomic E-state index is 0.147. The van der Waals surface area contributed by atoms with Gasteiger partial charge in [0.2, 0.25) is 5.91 Å². The van der Waals surface area contributed by atoms with Gasteiger partial charge in [0.15, 0.2) is 5.69 Å². The maximum absolute atomic E-state index is 13.1. The minimum Gasteiger partial charge on any atom is -0.381 e. The number of halogens is 1. The quantitative estimate of drug-likeness (QED) is 0.769. The molecule has 148 valence electrons. The van der Waals surface area contributed by atoms with Gasteiger partial charge in [0.1, 0.15) is 0 Å². The van der Waals surface area contributed by atoms with Crippen LogP contribution in [0.5, 0.6) is 0 Å². The zero-order valence-electron chi connectivity index (χ0n) is 16.0. The summed E-state index contributed by atoms with van der Waals surface area (Å²) in [6.45, 7) is 4.90. The number of hydrogen-bond acceptors (Lipinski definition) is 4. The van der Waals surface area contributed by atoms with E-state index in [2.05, 4.69) is 10.00 Å². The number of carbonyl (C=O) groups excluding carboxylic acids is 2. The molecule has 1 aromatic heterocycles. The second-order valence-electron chi connectivity index (χ2n) is 8.01. The van der Waals surface area contributed by atoms with Crippen LogP contribution in [0.2, 0.25) is 5.02 Å². The molecule has 0 atom stereocenters. The number of ether oxygens (including phenoxy) is 1. The molecule has 7 nitrogen and oxygen atoms in total. The summed E-state index contributed by atoms with van der Waals surface area (Å²) in [4.78, 5) is 29.9. The number of amides is 2. The van der Waals surface area contributed by atoms with E-state index in [-0.39, 0.29) is 23.3 Å². The van der Waals surface area contributed by atoms with Crippen LogP contribution in [0, 0.1) is 12.8 Å². The van der Waals surface area contributed by atoms with E-state index in [4.69, 9.17) is 16.3 Å². The van der Waals surface area contributed by atoms with Crippen LogP contribution in [0.4, 0.5) is 0 Å². The molecule has 27 heavy (non-hydrogen) atoms. The van der Waals surface area contributed by atoms with E-state index in [1.807, 2.05) is 11.8 Å². The normalized spacial score (nSPS) is 22.8. The first-order valence-electron chi connectivity index (χ1n) is 9.80. The Morgan fingerprint density at radius 1 is 1.15 bits per heavy atom. The van der Waals surface area contributed by atoms with Crippen LogP contribution in [0.25, 0.3) is 0 Å². The molecule has 2 saturated heterocycles. The van der Waals surface area contributed by atoms with Crippen molar-refractivity contribution in [2.45, 2.75) is 44.6 Å². The molecule has 3 fully saturated rings. The number of nitrogens with zero attached hydrogens (tertiary/aromatic N) is 4. The van der Waals surface area contributed by atoms with Crippen LogP contribution >= 0.6 is 11.6 Å². The van der Waals surface area contributed by atoms with Crippen LogP contribution in [0.15, 0.2) is 0 Å². The maximum Gasteiger partial charge on any atom is 0.275 e. The van der Waals surface area contributed by atoms with E-state index in [9.17, 15) is 9.59 Å². The molecule has 0 radical (unpaired) electrons. The molecule has 1 spiro atoms. The SMILES string of the molecule is Cc1c(Cl)c(C(=O)N2CCN(C(=O)C3CC3)C3(CCOCC3)CC2)nn1C.